The number of likely N-dealkylation sites (tertiary alicyclic amines) is 1. The molecule has 2 fully saturated rings. The first-order chi connectivity index (χ1) is 14.5. The molecule has 2 aromatic rings. The van der Waals surface area contributed by atoms with Gasteiger partial charge in [-0.15, -0.1) is 0 Å². The largest absolute Gasteiger partial charge is 0.490 e. The number of amides is 4. The summed E-state index contributed by atoms with van der Waals surface area (Å²) in [6, 6.07) is 15.3. The fourth-order valence-electron chi connectivity index (χ4n) is 3.89. The van der Waals surface area contributed by atoms with Crippen LogP contribution in [0.15, 0.2) is 54.6 Å². The summed E-state index contributed by atoms with van der Waals surface area (Å²) in [5.74, 6) is 0.359. The van der Waals surface area contributed by atoms with Crippen LogP contribution in [0.4, 0.5) is 10.5 Å². The van der Waals surface area contributed by atoms with E-state index in [-0.39, 0.29) is 18.4 Å². The molecule has 1 N–H and O–H groups in total. The van der Waals surface area contributed by atoms with E-state index in [4.69, 9.17) is 4.74 Å². The molecule has 1 atom stereocenters. The average molecular weight is 407 g/mol. The summed E-state index contributed by atoms with van der Waals surface area (Å²) in [6.07, 6.45) is 1.51. The molecular weight excluding hydrogens is 382 g/mol. The van der Waals surface area contributed by atoms with Crippen molar-refractivity contribution < 1.29 is 19.1 Å². The zero-order chi connectivity index (χ0) is 21.1. The minimum Gasteiger partial charge on any atom is -0.490 e. The molecule has 2 heterocycles. The summed E-state index contributed by atoms with van der Waals surface area (Å²) in [7, 11) is 0. The second kappa shape index (κ2) is 8.57. The predicted octanol–water partition coefficient (Wildman–Crippen LogP) is 2.88. The lowest BCUT2D eigenvalue weighted by Gasteiger charge is -2.33. The van der Waals surface area contributed by atoms with E-state index in [1.54, 1.807) is 29.2 Å². The molecule has 156 valence electrons. The highest BCUT2D eigenvalue weighted by Crippen LogP contribution is 2.24. The molecule has 0 unspecified atom stereocenters. The molecule has 2 aromatic carbocycles. The number of urea groups is 1. The first kappa shape index (κ1) is 19.9. The molecule has 7 heteroatoms. The van der Waals surface area contributed by atoms with Gasteiger partial charge < -0.3 is 15.0 Å². The lowest BCUT2D eigenvalue weighted by atomic mass is 10.1. The van der Waals surface area contributed by atoms with Gasteiger partial charge in [0.15, 0.2) is 0 Å². The summed E-state index contributed by atoms with van der Waals surface area (Å²) in [6.45, 7) is 3.17. The first-order valence-electron chi connectivity index (χ1n) is 10.2. The summed E-state index contributed by atoms with van der Waals surface area (Å²) >= 11 is 0. The highest BCUT2D eigenvalue weighted by molar-refractivity contribution is 6.22. The first-order valence-corrected chi connectivity index (χ1v) is 10.2. The van der Waals surface area contributed by atoms with Gasteiger partial charge in [0.2, 0.25) is 5.91 Å². The Hall–Kier alpha value is -3.35. The van der Waals surface area contributed by atoms with Crippen LogP contribution < -0.4 is 15.0 Å². The Bertz CT molecular complexity index is 938. The molecule has 4 rings (SSSR count). The van der Waals surface area contributed by atoms with Crippen molar-refractivity contribution in [2.24, 2.45) is 0 Å². The zero-order valence-corrected chi connectivity index (χ0v) is 16.9. The number of para-hydroxylation sites is 2. The Kier molecular flexibility index (Phi) is 5.70. The number of nitrogens with one attached hydrogen (secondary N) is 1. The normalized spacial score (nSPS) is 19.7. The third-order valence-corrected chi connectivity index (χ3v) is 5.59. The number of carbonyl (C=O) groups excluding carboxylic acids is 3. The van der Waals surface area contributed by atoms with Crippen LogP contribution >= 0.6 is 0 Å². The van der Waals surface area contributed by atoms with Crippen molar-refractivity contribution in [2.45, 2.75) is 38.3 Å². The number of anilines is 1. The van der Waals surface area contributed by atoms with Gasteiger partial charge in [-0.05, 0) is 30.7 Å². The SMILES string of the molecule is Cc1ccccc1OC1CCN(C(=O)C[C@@H]2NC(=O)N(c3ccccc3)C2=O)CC1. The van der Waals surface area contributed by atoms with Gasteiger partial charge >= 0.3 is 6.03 Å². The third kappa shape index (κ3) is 4.15. The molecule has 0 bridgehead atoms. The summed E-state index contributed by atoms with van der Waals surface area (Å²) in [4.78, 5) is 40.5. The van der Waals surface area contributed by atoms with Gasteiger partial charge in [-0.25, -0.2) is 9.69 Å². The highest BCUT2D eigenvalue weighted by Gasteiger charge is 2.40. The Morgan fingerprint density at radius 2 is 1.70 bits per heavy atom. The zero-order valence-electron chi connectivity index (χ0n) is 16.9. The monoisotopic (exact) mass is 407 g/mol. The molecule has 2 saturated heterocycles. The van der Waals surface area contributed by atoms with Crippen molar-refractivity contribution in [2.75, 3.05) is 18.0 Å². The van der Waals surface area contributed by atoms with Gasteiger partial charge in [0.05, 0.1) is 12.1 Å². The molecule has 0 aromatic heterocycles. The summed E-state index contributed by atoms with van der Waals surface area (Å²) in [5.41, 5.74) is 1.60. The minimum atomic E-state index is -0.828. The Morgan fingerprint density at radius 1 is 1.03 bits per heavy atom. The lowest BCUT2D eigenvalue weighted by Crippen LogP contribution is -2.44. The number of rotatable bonds is 5. The van der Waals surface area contributed by atoms with Crippen LogP contribution in [0.5, 0.6) is 5.75 Å². The van der Waals surface area contributed by atoms with Crippen molar-refractivity contribution in [1.29, 1.82) is 0 Å². The minimum absolute atomic E-state index is 0.0305. The van der Waals surface area contributed by atoms with E-state index in [0.717, 1.165) is 29.1 Å². The average Bonchev–Trinajstić information content (AvgIpc) is 3.03. The molecule has 4 amide bonds. The second-order valence-corrected chi connectivity index (χ2v) is 7.68. The smallest absolute Gasteiger partial charge is 0.329 e. The van der Waals surface area contributed by atoms with Crippen molar-refractivity contribution >= 4 is 23.5 Å². The van der Waals surface area contributed by atoms with Crippen molar-refractivity contribution in [1.82, 2.24) is 10.2 Å². The number of benzene rings is 2. The number of aryl methyl sites for hydroxylation is 1. The fourth-order valence-corrected chi connectivity index (χ4v) is 3.89. The molecule has 0 aliphatic carbocycles. The molecule has 0 saturated carbocycles. The van der Waals surface area contributed by atoms with Crippen LogP contribution in [-0.2, 0) is 9.59 Å². The molecule has 0 radical (unpaired) electrons. The second-order valence-electron chi connectivity index (χ2n) is 7.68. The van der Waals surface area contributed by atoms with Gasteiger partial charge in [0, 0.05) is 25.9 Å². The van der Waals surface area contributed by atoms with E-state index in [0.29, 0.717) is 18.8 Å². The van der Waals surface area contributed by atoms with Crippen LogP contribution in [0, 0.1) is 6.92 Å². The highest BCUT2D eigenvalue weighted by atomic mass is 16.5. The van der Waals surface area contributed by atoms with E-state index < -0.39 is 18.0 Å². The fraction of sp³-hybridized carbons (Fsp3) is 0.348. The molecule has 0 spiro atoms. The Labute approximate surface area is 175 Å². The number of carbonyl (C=O) groups is 3. The van der Waals surface area contributed by atoms with E-state index in [9.17, 15) is 14.4 Å². The van der Waals surface area contributed by atoms with Crippen molar-refractivity contribution in [3.63, 3.8) is 0 Å². The molecular formula is C23H25N3O4. The maximum atomic E-state index is 12.7. The van der Waals surface area contributed by atoms with Crippen LogP contribution in [0.2, 0.25) is 0 Å². The van der Waals surface area contributed by atoms with Gasteiger partial charge in [-0.1, -0.05) is 36.4 Å². The lowest BCUT2D eigenvalue weighted by molar-refractivity contribution is -0.135. The van der Waals surface area contributed by atoms with Gasteiger partial charge in [0.25, 0.3) is 5.91 Å². The maximum Gasteiger partial charge on any atom is 0.329 e. The van der Waals surface area contributed by atoms with E-state index in [1.807, 2.05) is 37.3 Å². The Morgan fingerprint density at radius 3 is 2.40 bits per heavy atom. The molecule has 2 aliphatic rings. The maximum absolute atomic E-state index is 12.7. The molecule has 7 nitrogen and oxygen atoms in total. The van der Waals surface area contributed by atoms with E-state index in [2.05, 4.69) is 5.32 Å². The summed E-state index contributed by atoms with van der Waals surface area (Å²) < 4.78 is 6.09. The number of nitrogens with zero attached hydrogens (tertiary/aromatic N) is 2. The number of ether oxygens (including phenoxy) is 1. The van der Waals surface area contributed by atoms with E-state index in [1.165, 1.54) is 0 Å². The third-order valence-electron chi connectivity index (χ3n) is 5.59. The molecule has 2 aliphatic heterocycles. The molecule has 30 heavy (non-hydrogen) atoms. The predicted molar refractivity (Wildman–Crippen MR) is 112 cm³/mol. The van der Waals surface area contributed by atoms with Crippen LogP contribution in [0.1, 0.15) is 24.8 Å². The summed E-state index contributed by atoms with van der Waals surface area (Å²) in [5, 5.41) is 2.64. The number of hydrogen-bond donors (Lipinski definition) is 1. The number of imide groups is 1. The van der Waals surface area contributed by atoms with Crippen LogP contribution in [-0.4, -0.2) is 48.0 Å². The number of piperidine rings is 1. The quantitative estimate of drug-likeness (QED) is 0.773. The van der Waals surface area contributed by atoms with Crippen LogP contribution in [0.3, 0.4) is 0 Å². The van der Waals surface area contributed by atoms with Gasteiger partial charge in [0.1, 0.15) is 17.9 Å². The topological polar surface area (TPSA) is 79.0 Å². The van der Waals surface area contributed by atoms with Gasteiger partial charge in [-0.3, -0.25) is 9.59 Å². The van der Waals surface area contributed by atoms with Crippen LogP contribution in [0.25, 0.3) is 0 Å². The van der Waals surface area contributed by atoms with Crippen molar-refractivity contribution in [3.8, 4) is 5.75 Å². The standard InChI is InChI=1S/C23H25N3O4/c1-16-7-5-6-10-20(16)30-18-11-13-25(14-12-18)21(27)15-19-22(28)26(23(29)24-19)17-8-3-2-4-9-17/h2-10,18-19H,11-15H2,1H3,(H,24,29)/t19-/m0/s1. The van der Waals surface area contributed by atoms with Gasteiger partial charge in [-0.2, -0.15) is 0 Å². The Balaban J connectivity index is 1.30. The van der Waals surface area contributed by atoms with E-state index >= 15 is 0 Å². The van der Waals surface area contributed by atoms with Crippen molar-refractivity contribution in [3.05, 3.63) is 60.2 Å². The number of hydrogen-bond acceptors (Lipinski definition) is 4.